The Morgan fingerprint density at radius 2 is 1.65 bits per heavy atom. The van der Waals surface area contributed by atoms with Crippen LogP contribution in [0.2, 0.25) is 0 Å². The first-order valence-electron chi connectivity index (χ1n) is 6.77. The highest BCUT2D eigenvalue weighted by Crippen LogP contribution is 2.16. The topological polar surface area (TPSA) is 30.0 Å². The summed E-state index contributed by atoms with van der Waals surface area (Å²) >= 11 is 0. The molecular formula is C18H10F3NO. The van der Waals surface area contributed by atoms with Crippen molar-refractivity contribution in [2.45, 2.75) is 0 Å². The van der Waals surface area contributed by atoms with Gasteiger partial charge in [-0.05, 0) is 36.4 Å². The summed E-state index contributed by atoms with van der Waals surface area (Å²) in [5, 5.41) is 0.957. The van der Waals surface area contributed by atoms with Gasteiger partial charge in [0.05, 0.1) is 11.2 Å². The van der Waals surface area contributed by atoms with Gasteiger partial charge in [0.15, 0.2) is 23.2 Å². The number of para-hydroxylation sites is 1. The number of rotatable bonds is 3. The fourth-order valence-corrected chi connectivity index (χ4v) is 2.13. The number of hydrogen-bond donors (Lipinski definition) is 0. The summed E-state index contributed by atoms with van der Waals surface area (Å²) in [4.78, 5) is 16.3. The highest BCUT2D eigenvalue weighted by molar-refractivity contribution is 6.06. The van der Waals surface area contributed by atoms with E-state index in [1.165, 1.54) is 6.08 Å². The number of carbonyl (C=O) groups excluding carboxylic acids is 1. The average Bonchev–Trinajstić information content (AvgIpc) is 2.56. The molecule has 2 nitrogen and oxygen atoms in total. The summed E-state index contributed by atoms with van der Waals surface area (Å²) in [6.45, 7) is 0. The van der Waals surface area contributed by atoms with E-state index in [2.05, 4.69) is 4.98 Å². The molecule has 5 heteroatoms. The molecule has 0 aliphatic rings. The molecule has 0 N–H and O–H groups in total. The van der Waals surface area contributed by atoms with Gasteiger partial charge in [0, 0.05) is 10.9 Å². The minimum atomic E-state index is -1.60. The van der Waals surface area contributed by atoms with Crippen molar-refractivity contribution in [1.29, 1.82) is 0 Å². The minimum absolute atomic E-state index is 0.265. The molecule has 0 amide bonds. The lowest BCUT2D eigenvalue weighted by molar-refractivity contribution is 0.104. The van der Waals surface area contributed by atoms with E-state index in [0.717, 1.165) is 17.0 Å². The fourth-order valence-electron chi connectivity index (χ4n) is 2.13. The van der Waals surface area contributed by atoms with Crippen molar-refractivity contribution in [2.24, 2.45) is 0 Å². The molecule has 0 atom stereocenters. The van der Waals surface area contributed by atoms with E-state index in [-0.39, 0.29) is 5.56 Å². The number of benzene rings is 2. The third-order valence-corrected chi connectivity index (χ3v) is 3.29. The van der Waals surface area contributed by atoms with E-state index >= 15 is 0 Å². The molecule has 0 aliphatic carbocycles. The lowest BCUT2D eigenvalue weighted by Gasteiger charge is -2.00. The Bertz CT molecular complexity index is 911. The van der Waals surface area contributed by atoms with Gasteiger partial charge in [-0.3, -0.25) is 4.79 Å². The molecule has 0 fully saturated rings. The van der Waals surface area contributed by atoms with Crippen LogP contribution in [-0.4, -0.2) is 10.8 Å². The first-order valence-corrected chi connectivity index (χ1v) is 6.77. The number of halogens is 3. The Hall–Kier alpha value is -2.95. The highest BCUT2D eigenvalue weighted by atomic mass is 19.2. The number of nitrogens with zero attached hydrogens (tertiary/aromatic N) is 1. The lowest BCUT2D eigenvalue weighted by Crippen LogP contribution is -2.00. The molecule has 0 saturated heterocycles. The molecule has 23 heavy (non-hydrogen) atoms. The van der Waals surface area contributed by atoms with E-state index in [0.29, 0.717) is 17.8 Å². The van der Waals surface area contributed by atoms with Gasteiger partial charge in [-0.1, -0.05) is 24.3 Å². The zero-order valence-electron chi connectivity index (χ0n) is 11.8. The van der Waals surface area contributed by atoms with Gasteiger partial charge >= 0.3 is 0 Å². The summed E-state index contributed by atoms with van der Waals surface area (Å²) < 4.78 is 39.2. The van der Waals surface area contributed by atoms with Crippen molar-refractivity contribution in [2.75, 3.05) is 0 Å². The molecule has 0 saturated carbocycles. The number of hydrogen-bond acceptors (Lipinski definition) is 2. The van der Waals surface area contributed by atoms with Crippen molar-refractivity contribution in [1.82, 2.24) is 4.98 Å². The standard InChI is InChI=1S/C18H10F3NO/c19-14-9-12(10-15(20)18(14)21)17(23)8-7-13-6-5-11-3-1-2-4-16(11)22-13/h1-10H/b8-7+. The number of pyridine rings is 1. The van der Waals surface area contributed by atoms with Crippen LogP contribution in [0.5, 0.6) is 0 Å². The Morgan fingerprint density at radius 3 is 2.39 bits per heavy atom. The number of allylic oxidation sites excluding steroid dienone is 1. The molecule has 0 spiro atoms. The number of aromatic nitrogens is 1. The van der Waals surface area contributed by atoms with Crippen LogP contribution >= 0.6 is 0 Å². The van der Waals surface area contributed by atoms with E-state index in [4.69, 9.17) is 0 Å². The lowest BCUT2D eigenvalue weighted by atomic mass is 10.1. The molecule has 3 aromatic rings. The largest absolute Gasteiger partial charge is 0.289 e. The second-order valence-electron chi connectivity index (χ2n) is 4.88. The van der Waals surface area contributed by atoms with E-state index < -0.39 is 23.2 Å². The molecule has 0 radical (unpaired) electrons. The van der Waals surface area contributed by atoms with Gasteiger partial charge in [0.25, 0.3) is 0 Å². The molecule has 2 aromatic carbocycles. The van der Waals surface area contributed by atoms with Gasteiger partial charge < -0.3 is 0 Å². The van der Waals surface area contributed by atoms with Crippen molar-refractivity contribution in [3.05, 3.63) is 83.3 Å². The molecule has 0 unspecified atom stereocenters. The second-order valence-corrected chi connectivity index (χ2v) is 4.88. The summed E-state index contributed by atoms with van der Waals surface area (Å²) in [6, 6.07) is 12.4. The van der Waals surface area contributed by atoms with E-state index in [9.17, 15) is 18.0 Å². The van der Waals surface area contributed by atoms with Crippen molar-refractivity contribution < 1.29 is 18.0 Å². The predicted molar refractivity (Wildman–Crippen MR) is 81.4 cm³/mol. The SMILES string of the molecule is O=C(/C=C/c1ccc2ccccc2n1)c1cc(F)c(F)c(F)c1. The number of fused-ring (bicyclic) bond motifs is 1. The molecule has 0 bridgehead atoms. The summed E-state index contributed by atoms with van der Waals surface area (Å²) in [7, 11) is 0. The van der Waals surface area contributed by atoms with Crippen LogP contribution in [0.1, 0.15) is 16.1 Å². The summed E-state index contributed by atoms with van der Waals surface area (Å²) in [5.74, 6) is -5.03. The van der Waals surface area contributed by atoms with Gasteiger partial charge in [0.2, 0.25) is 0 Å². The maximum atomic E-state index is 13.1. The predicted octanol–water partition coefficient (Wildman–Crippen LogP) is 4.55. The van der Waals surface area contributed by atoms with Crippen LogP contribution in [0, 0.1) is 17.5 Å². The van der Waals surface area contributed by atoms with Crippen molar-refractivity contribution >= 4 is 22.8 Å². The quantitative estimate of drug-likeness (QED) is 0.403. The van der Waals surface area contributed by atoms with E-state index in [1.807, 2.05) is 30.3 Å². The molecule has 1 heterocycles. The smallest absolute Gasteiger partial charge is 0.194 e. The molecular weight excluding hydrogens is 303 g/mol. The highest BCUT2D eigenvalue weighted by Gasteiger charge is 2.13. The average molecular weight is 313 g/mol. The summed E-state index contributed by atoms with van der Waals surface area (Å²) in [6.07, 6.45) is 2.58. The maximum absolute atomic E-state index is 13.1. The second kappa shape index (κ2) is 6.04. The van der Waals surface area contributed by atoms with Gasteiger partial charge in [-0.15, -0.1) is 0 Å². The number of ketones is 1. The zero-order valence-corrected chi connectivity index (χ0v) is 11.8. The van der Waals surface area contributed by atoms with Crippen LogP contribution in [-0.2, 0) is 0 Å². The van der Waals surface area contributed by atoms with Gasteiger partial charge in [-0.2, -0.15) is 0 Å². The van der Waals surface area contributed by atoms with Crippen LogP contribution in [0.15, 0.2) is 54.6 Å². The fraction of sp³-hybridized carbons (Fsp3) is 0. The van der Waals surface area contributed by atoms with E-state index in [1.54, 1.807) is 6.07 Å². The minimum Gasteiger partial charge on any atom is -0.289 e. The van der Waals surface area contributed by atoms with Gasteiger partial charge in [0.1, 0.15) is 0 Å². The monoisotopic (exact) mass is 313 g/mol. The van der Waals surface area contributed by atoms with Crippen LogP contribution in [0.4, 0.5) is 13.2 Å². The van der Waals surface area contributed by atoms with Gasteiger partial charge in [-0.25, -0.2) is 18.2 Å². The Labute approximate surface area is 129 Å². The third-order valence-electron chi connectivity index (χ3n) is 3.29. The maximum Gasteiger partial charge on any atom is 0.194 e. The molecule has 0 aliphatic heterocycles. The first kappa shape index (κ1) is 15.0. The Kier molecular flexibility index (Phi) is 3.93. The van der Waals surface area contributed by atoms with Crippen LogP contribution in [0.25, 0.3) is 17.0 Å². The van der Waals surface area contributed by atoms with Crippen molar-refractivity contribution in [3.8, 4) is 0 Å². The number of carbonyl (C=O) groups is 1. The Morgan fingerprint density at radius 1 is 0.957 bits per heavy atom. The normalized spacial score (nSPS) is 11.3. The van der Waals surface area contributed by atoms with Crippen LogP contribution in [0.3, 0.4) is 0 Å². The van der Waals surface area contributed by atoms with Crippen molar-refractivity contribution in [3.63, 3.8) is 0 Å². The first-order chi connectivity index (χ1) is 11.0. The third kappa shape index (κ3) is 3.13. The molecule has 114 valence electrons. The molecule has 3 rings (SSSR count). The summed E-state index contributed by atoms with van der Waals surface area (Å²) in [5.41, 5.74) is 1.03. The Balaban J connectivity index is 1.87. The van der Waals surface area contributed by atoms with Crippen LogP contribution < -0.4 is 0 Å². The molecule has 1 aromatic heterocycles. The zero-order chi connectivity index (χ0) is 16.4.